The van der Waals surface area contributed by atoms with Crippen LogP contribution < -0.4 is 5.73 Å². The van der Waals surface area contributed by atoms with Crippen molar-refractivity contribution in [3.05, 3.63) is 47.7 Å². The quantitative estimate of drug-likeness (QED) is 0.539. The first-order chi connectivity index (χ1) is 6.65. The fourth-order valence-corrected chi connectivity index (χ4v) is 0.647. The van der Waals surface area contributed by atoms with Crippen LogP contribution in [-0.2, 0) is 0 Å². The number of nitrogens with zero attached hydrogens (tertiary/aromatic N) is 2. The van der Waals surface area contributed by atoms with E-state index in [1.54, 1.807) is 31.2 Å². The highest BCUT2D eigenvalue weighted by atomic mass is 14.6. The Morgan fingerprint density at radius 2 is 2.00 bits per heavy atom. The number of nitrogens with two attached hydrogens (primary N) is 1. The van der Waals surface area contributed by atoms with Gasteiger partial charge in [0.05, 0.1) is 12.1 Å². The molecule has 70 valence electrons. The van der Waals surface area contributed by atoms with Crippen LogP contribution >= 0.6 is 0 Å². The summed E-state index contributed by atoms with van der Waals surface area (Å²) in [5.74, 6) is 0. The van der Waals surface area contributed by atoms with E-state index in [1.807, 2.05) is 6.07 Å². The topological polar surface area (TPSA) is 73.6 Å². The largest absolute Gasteiger partial charge is 0.398 e. The lowest BCUT2D eigenvalue weighted by Crippen LogP contribution is -1.97. The second kappa shape index (κ2) is 6.28. The van der Waals surface area contributed by atoms with Gasteiger partial charge in [0.15, 0.2) is 0 Å². The van der Waals surface area contributed by atoms with E-state index in [2.05, 4.69) is 6.58 Å². The first-order valence-electron chi connectivity index (χ1n) is 3.94. The van der Waals surface area contributed by atoms with Gasteiger partial charge in [-0.15, -0.1) is 0 Å². The fraction of sp³-hybridized carbons (Fsp3) is 0.0909. The van der Waals surface area contributed by atoms with Crippen molar-refractivity contribution < 1.29 is 0 Å². The maximum absolute atomic E-state index is 8.58. The summed E-state index contributed by atoms with van der Waals surface area (Å²) in [5.41, 5.74) is 6.82. The van der Waals surface area contributed by atoms with Gasteiger partial charge in [0.1, 0.15) is 0 Å². The normalized spacial score (nSPS) is 12.2. The highest BCUT2D eigenvalue weighted by Gasteiger charge is 1.92. The fourth-order valence-electron chi connectivity index (χ4n) is 0.647. The number of hydrogen-bond acceptors (Lipinski definition) is 3. The Labute approximate surface area is 83.8 Å². The van der Waals surface area contributed by atoms with Gasteiger partial charge in [0, 0.05) is 17.3 Å². The molecule has 0 aromatic carbocycles. The van der Waals surface area contributed by atoms with E-state index in [1.165, 1.54) is 6.08 Å². The van der Waals surface area contributed by atoms with Crippen molar-refractivity contribution in [2.75, 3.05) is 0 Å². The summed E-state index contributed by atoms with van der Waals surface area (Å²) in [5, 5.41) is 16.9. The van der Waals surface area contributed by atoms with Gasteiger partial charge in [0.25, 0.3) is 0 Å². The predicted molar refractivity (Wildman–Crippen MR) is 55.5 cm³/mol. The maximum Gasteiger partial charge on any atom is 0.0988 e. The number of allylic oxidation sites excluding steroid dienone is 5. The van der Waals surface area contributed by atoms with Crippen molar-refractivity contribution >= 4 is 0 Å². The molecule has 2 N–H and O–H groups in total. The van der Waals surface area contributed by atoms with Gasteiger partial charge >= 0.3 is 0 Å². The van der Waals surface area contributed by atoms with Crippen molar-refractivity contribution in [3.63, 3.8) is 0 Å². The van der Waals surface area contributed by atoms with E-state index in [0.29, 0.717) is 16.8 Å². The second-order valence-corrected chi connectivity index (χ2v) is 2.44. The Morgan fingerprint density at radius 3 is 2.43 bits per heavy atom. The zero-order chi connectivity index (χ0) is 11.0. The van der Waals surface area contributed by atoms with Crippen LogP contribution in [0.15, 0.2) is 47.7 Å². The molecule has 0 rings (SSSR count). The molecular weight excluding hydrogens is 174 g/mol. The van der Waals surface area contributed by atoms with Crippen LogP contribution in [0.2, 0.25) is 0 Å². The summed E-state index contributed by atoms with van der Waals surface area (Å²) in [7, 11) is 0. The second-order valence-electron chi connectivity index (χ2n) is 2.44. The molecule has 0 aromatic rings. The summed E-state index contributed by atoms with van der Waals surface area (Å²) in [4.78, 5) is 0. The van der Waals surface area contributed by atoms with Crippen LogP contribution in [-0.4, -0.2) is 0 Å². The standard InChI is InChI=1S/C11H11N3/c1-3-10(8-13)5-4-9(2)11(14)6-7-12/h3-6H,2,14H2,1H3/b5-4-,10-3+,11-6-. The van der Waals surface area contributed by atoms with Crippen LogP contribution in [0.4, 0.5) is 0 Å². The van der Waals surface area contributed by atoms with Crippen molar-refractivity contribution in [3.8, 4) is 12.1 Å². The van der Waals surface area contributed by atoms with Gasteiger partial charge in [0.2, 0.25) is 0 Å². The molecule has 0 radical (unpaired) electrons. The van der Waals surface area contributed by atoms with Gasteiger partial charge in [-0.05, 0) is 18.6 Å². The average molecular weight is 185 g/mol. The molecule has 0 aliphatic heterocycles. The molecule has 0 amide bonds. The SMILES string of the molecule is C=C(/C=C\C(C#N)=C/C)/C(N)=C/C#N. The molecule has 0 bridgehead atoms. The Hall–Kier alpha value is -2.26. The molecule has 0 saturated carbocycles. The van der Waals surface area contributed by atoms with Crippen molar-refractivity contribution in [2.24, 2.45) is 5.73 Å². The van der Waals surface area contributed by atoms with Crippen LogP contribution in [0.25, 0.3) is 0 Å². The van der Waals surface area contributed by atoms with Crippen molar-refractivity contribution in [1.82, 2.24) is 0 Å². The Morgan fingerprint density at radius 1 is 1.36 bits per heavy atom. The zero-order valence-electron chi connectivity index (χ0n) is 7.99. The molecule has 0 atom stereocenters. The lowest BCUT2D eigenvalue weighted by Gasteiger charge is -1.96. The first-order valence-corrected chi connectivity index (χ1v) is 3.94. The van der Waals surface area contributed by atoms with Gasteiger partial charge in [-0.2, -0.15) is 10.5 Å². The third-order valence-electron chi connectivity index (χ3n) is 1.50. The summed E-state index contributed by atoms with van der Waals surface area (Å²) in [6, 6.07) is 3.79. The number of hydrogen-bond donors (Lipinski definition) is 1. The summed E-state index contributed by atoms with van der Waals surface area (Å²) >= 11 is 0. The third-order valence-corrected chi connectivity index (χ3v) is 1.50. The van der Waals surface area contributed by atoms with Crippen LogP contribution in [0, 0.1) is 22.7 Å². The smallest absolute Gasteiger partial charge is 0.0988 e. The molecule has 0 heterocycles. The number of rotatable bonds is 3. The average Bonchev–Trinajstić information content (AvgIpc) is 2.19. The number of nitriles is 2. The van der Waals surface area contributed by atoms with E-state index in [9.17, 15) is 0 Å². The van der Waals surface area contributed by atoms with Crippen LogP contribution in [0.3, 0.4) is 0 Å². The van der Waals surface area contributed by atoms with Crippen LogP contribution in [0.5, 0.6) is 0 Å². The van der Waals surface area contributed by atoms with E-state index < -0.39 is 0 Å². The minimum atomic E-state index is 0.303. The molecule has 0 spiro atoms. The lowest BCUT2D eigenvalue weighted by molar-refractivity contribution is 1.36. The van der Waals surface area contributed by atoms with Crippen molar-refractivity contribution in [1.29, 1.82) is 10.5 Å². The van der Waals surface area contributed by atoms with E-state index in [0.717, 1.165) is 0 Å². The summed E-state index contributed by atoms with van der Waals surface area (Å²) in [6.07, 6.45) is 6.07. The molecule has 0 aliphatic carbocycles. The Kier molecular flexibility index (Phi) is 5.26. The van der Waals surface area contributed by atoms with Crippen molar-refractivity contribution in [2.45, 2.75) is 6.92 Å². The molecule has 3 nitrogen and oxygen atoms in total. The molecule has 0 aromatic heterocycles. The molecule has 0 aliphatic rings. The predicted octanol–water partition coefficient (Wildman–Crippen LogP) is 1.93. The highest BCUT2D eigenvalue weighted by Crippen LogP contribution is 2.04. The lowest BCUT2D eigenvalue weighted by atomic mass is 10.1. The maximum atomic E-state index is 8.58. The molecule has 0 saturated heterocycles. The summed E-state index contributed by atoms with van der Waals surface area (Å²) in [6.45, 7) is 5.41. The summed E-state index contributed by atoms with van der Waals surface area (Å²) < 4.78 is 0. The minimum Gasteiger partial charge on any atom is -0.398 e. The third kappa shape index (κ3) is 3.94. The van der Waals surface area contributed by atoms with E-state index in [4.69, 9.17) is 16.3 Å². The minimum absolute atomic E-state index is 0.303. The highest BCUT2D eigenvalue weighted by molar-refractivity contribution is 5.42. The molecule has 0 fully saturated rings. The van der Waals surface area contributed by atoms with E-state index in [-0.39, 0.29) is 0 Å². The van der Waals surface area contributed by atoms with Gasteiger partial charge < -0.3 is 5.73 Å². The van der Waals surface area contributed by atoms with Gasteiger partial charge in [-0.1, -0.05) is 18.7 Å². The molecule has 3 heteroatoms. The van der Waals surface area contributed by atoms with Gasteiger partial charge in [-0.25, -0.2) is 0 Å². The van der Waals surface area contributed by atoms with E-state index >= 15 is 0 Å². The van der Waals surface area contributed by atoms with Crippen LogP contribution in [0.1, 0.15) is 6.92 Å². The van der Waals surface area contributed by atoms with Gasteiger partial charge in [-0.3, -0.25) is 0 Å². The first kappa shape index (κ1) is 11.7. The zero-order valence-corrected chi connectivity index (χ0v) is 7.99. The molecule has 0 unspecified atom stereocenters. The monoisotopic (exact) mass is 185 g/mol. The Balaban J connectivity index is 4.59. The molecule has 14 heavy (non-hydrogen) atoms. The molecular formula is C11H11N3. The Bertz CT molecular complexity index is 384.